The fourth-order valence-corrected chi connectivity index (χ4v) is 7.82. The van der Waals surface area contributed by atoms with Crippen molar-refractivity contribution in [2.24, 2.45) is 0 Å². The fourth-order valence-electron chi connectivity index (χ4n) is 7.82. The number of phenolic OH excluding ortho intramolecular Hbond substituents is 1. The van der Waals surface area contributed by atoms with E-state index in [4.69, 9.17) is 35.6 Å². The van der Waals surface area contributed by atoms with Crippen molar-refractivity contribution in [2.45, 2.75) is 68.8 Å². The molecule has 13 heteroatoms. The summed E-state index contributed by atoms with van der Waals surface area (Å²) < 4.78 is 49.9. The monoisotopic (exact) mass is 660 g/mol. The number of aliphatic hydroxyl groups is 1. The average Bonchev–Trinajstić information content (AvgIpc) is 3.61. The minimum Gasteiger partial charge on any atom is -0.508 e. The predicted octanol–water partition coefficient (Wildman–Crippen LogP) is 4.87. The van der Waals surface area contributed by atoms with Gasteiger partial charge in [-0.05, 0) is 63.1 Å². The number of alkyl halides is 1. The first-order valence-corrected chi connectivity index (χ1v) is 16.6. The van der Waals surface area contributed by atoms with E-state index in [1.54, 1.807) is 6.92 Å². The first-order chi connectivity index (χ1) is 23.1. The van der Waals surface area contributed by atoms with Crippen LogP contribution in [0.1, 0.15) is 57.1 Å². The summed E-state index contributed by atoms with van der Waals surface area (Å²) in [4.78, 5) is 18.7. The third-order valence-electron chi connectivity index (χ3n) is 10.3. The normalized spacial score (nSPS) is 26.4. The summed E-state index contributed by atoms with van der Waals surface area (Å²) in [5.41, 5.74) is -0.644. The van der Waals surface area contributed by atoms with E-state index in [1.807, 2.05) is 9.47 Å². The topological polar surface area (TPSA) is 118 Å². The van der Waals surface area contributed by atoms with Crippen molar-refractivity contribution in [1.82, 2.24) is 24.4 Å². The number of nitrogens with zero attached hydrogens (tertiary/aromatic N) is 6. The van der Waals surface area contributed by atoms with Crippen LogP contribution in [0.25, 0.3) is 21.9 Å². The van der Waals surface area contributed by atoms with Gasteiger partial charge in [-0.25, -0.2) is 8.78 Å². The van der Waals surface area contributed by atoms with Crippen molar-refractivity contribution >= 4 is 27.8 Å². The van der Waals surface area contributed by atoms with Crippen LogP contribution in [0.2, 0.25) is 0 Å². The zero-order valence-corrected chi connectivity index (χ0v) is 26.8. The number of rotatable bonds is 7. The Morgan fingerprint density at radius 2 is 2.02 bits per heavy atom. The second-order valence-corrected chi connectivity index (χ2v) is 13.9. The molecule has 1 aliphatic carbocycles. The van der Waals surface area contributed by atoms with Crippen LogP contribution in [-0.2, 0) is 4.74 Å². The van der Waals surface area contributed by atoms with Crippen LogP contribution in [0.5, 0.6) is 23.5 Å². The van der Waals surface area contributed by atoms with Gasteiger partial charge in [0.2, 0.25) is 0 Å². The quantitative estimate of drug-likeness (QED) is 0.266. The van der Waals surface area contributed by atoms with Gasteiger partial charge in [-0.1, -0.05) is 12.0 Å². The van der Waals surface area contributed by atoms with Gasteiger partial charge >= 0.3 is 12.0 Å². The van der Waals surface area contributed by atoms with E-state index < -0.39 is 23.1 Å². The van der Waals surface area contributed by atoms with Crippen LogP contribution >= 0.6 is 0 Å². The van der Waals surface area contributed by atoms with E-state index in [-0.39, 0.29) is 54.9 Å². The Morgan fingerprint density at radius 3 is 2.81 bits per heavy atom. The third kappa shape index (κ3) is 5.36. The minimum absolute atomic E-state index is 0.00109. The molecule has 4 aliphatic rings. The molecule has 8 rings (SSSR count). The molecule has 11 nitrogen and oxygen atoms in total. The molecule has 5 heterocycles. The van der Waals surface area contributed by atoms with E-state index >= 15 is 0 Å². The van der Waals surface area contributed by atoms with E-state index in [2.05, 4.69) is 10.8 Å². The van der Waals surface area contributed by atoms with Gasteiger partial charge in [0, 0.05) is 37.0 Å². The van der Waals surface area contributed by atoms with E-state index in [1.165, 1.54) is 24.3 Å². The molecule has 1 saturated carbocycles. The number of benzene rings is 2. The molecular weight excluding hydrogens is 622 g/mol. The maximum absolute atomic E-state index is 14.9. The number of aromatic nitrogens is 4. The smallest absolute Gasteiger partial charge is 0.320 e. The number of ether oxygens (including phenoxy) is 3. The number of imidazole rings is 1. The summed E-state index contributed by atoms with van der Waals surface area (Å²) >= 11 is 0. The lowest BCUT2D eigenvalue weighted by Gasteiger charge is -2.32. The molecular formula is C35H38F2N6O5. The summed E-state index contributed by atoms with van der Waals surface area (Å²) in [5.74, 6) is 2.41. The number of anilines is 1. The number of phenols is 1. The molecule has 2 aromatic heterocycles. The lowest BCUT2D eigenvalue weighted by molar-refractivity contribution is -0.0123. The van der Waals surface area contributed by atoms with Gasteiger partial charge in [-0.2, -0.15) is 15.0 Å². The molecule has 0 amide bonds. The predicted molar refractivity (Wildman–Crippen MR) is 174 cm³/mol. The highest BCUT2D eigenvalue weighted by Gasteiger charge is 2.49. The number of fused-ring (bicyclic) bond motifs is 3. The van der Waals surface area contributed by atoms with Crippen LogP contribution in [0.3, 0.4) is 0 Å². The van der Waals surface area contributed by atoms with Crippen LogP contribution in [0, 0.1) is 18.2 Å². The largest absolute Gasteiger partial charge is 0.508 e. The first kappa shape index (κ1) is 31.0. The lowest BCUT2D eigenvalue weighted by atomic mass is 9.93. The van der Waals surface area contributed by atoms with Gasteiger partial charge < -0.3 is 29.3 Å². The molecule has 0 bridgehead atoms. The van der Waals surface area contributed by atoms with Crippen molar-refractivity contribution in [3.8, 4) is 35.9 Å². The second-order valence-electron chi connectivity index (χ2n) is 13.9. The number of β-amino-alcohol motifs (C(OH)–C–C–N with tert-alkyl or cyclic N) is 1. The van der Waals surface area contributed by atoms with Crippen molar-refractivity contribution in [1.29, 1.82) is 0 Å². The molecule has 3 saturated heterocycles. The zero-order valence-electron chi connectivity index (χ0n) is 26.8. The summed E-state index contributed by atoms with van der Waals surface area (Å²) in [5, 5.41) is 22.6. The SMILES string of the molecule is C#Cc1c(F)ccc2cc(O)cc(Oc3nc4nc(OC[C@@]56CCCN5C[C@H](F)C6)nc(N5CCOC[C@](C)(O)C5)c4n3C3CCC3)c12. The van der Waals surface area contributed by atoms with Gasteiger partial charge in [0.1, 0.15) is 41.2 Å². The van der Waals surface area contributed by atoms with Crippen molar-refractivity contribution < 1.29 is 33.2 Å². The number of terminal acetylenes is 1. The highest BCUT2D eigenvalue weighted by atomic mass is 19.1. The Morgan fingerprint density at radius 1 is 1.17 bits per heavy atom. The molecule has 4 aromatic rings. The molecule has 252 valence electrons. The highest BCUT2D eigenvalue weighted by molar-refractivity contribution is 5.95. The Kier molecular flexibility index (Phi) is 7.58. The lowest BCUT2D eigenvalue weighted by Crippen LogP contribution is -2.44. The Bertz CT molecular complexity index is 1940. The highest BCUT2D eigenvalue weighted by Crippen LogP contribution is 2.45. The maximum atomic E-state index is 14.9. The molecule has 0 radical (unpaired) electrons. The molecule has 0 spiro atoms. The number of hydrogen-bond acceptors (Lipinski definition) is 10. The summed E-state index contributed by atoms with van der Waals surface area (Å²) in [6.07, 6.45) is 9.76. The van der Waals surface area contributed by atoms with Crippen LogP contribution in [-0.4, -0.2) is 97.9 Å². The van der Waals surface area contributed by atoms with Crippen LogP contribution in [0.4, 0.5) is 14.6 Å². The first-order valence-electron chi connectivity index (χ1n) is 16.6. The van der Waals surface area contributed by atoms with E-state index in [9.17, 15) is 19.0 Å². The van der Waals surface area contributed by atoms with Gasteiger partial charge in [0.05, 0.1) is 30.9 Å². The Balaban J connectivity index is 1.27. The third-order valence-corrected chi connectivity index (χ3v) is 10.3. The maximum Gasteiger partial charge on any atom is 0.320 e. The standard InChI is InChI=1S/C35H38F2N6O5/c1-3-25-26(37)9-8-21-14-24(44)15-27(28(21)25)48-33-39-30-29(43(33)23-6-4-7-23)31(41-12-13-46-19-34(2,45)18-41)40-32(38-30)47-20-35-10-5-11-42(35)17-22(36)16-35/h1,8-9,14-15,22-23,44-45H,4-7,10-13,16-20H2,2H3/t22-,34-,35+/m1/s1. The molecule has 3 aliphatic heterocycles. The number of halogens is 2. The van der Waals surface area contributed by atoms with Gasteiger partial charge in [-0.3, -0.25) is 9.47 Å². The zero-order chi connectivity index (χ0) is 33.2. The number of hydrogen-bond donors (Lipinski definition) is 2. The van der Waals surface area contributed by atoms with Gasteiger partial charge in [0.15, 0.2) is 11.5 Å². The van der Waals surface area contributed by atoms with Crippen molar-refractivity contribution in [3.05, 3.63) is 35.6 Å². The molecule has 2 N–H and O–H groups in total. The molecule has 4 fully saturated rings. The molecule has 3 atom stereocenters. The molecule has 48 heavy (non-hydrogen) atoms. The van der Waals surface area contributed by atoms with Crippen molar-refractivity contribution in [3.63, 3.8) is 0 Å². The van der Waals surface area contributed by atoms with Crippen LogP contribution < -0.4 is 14.4 Å². The second kappa shape index (κ2) is 11.7. The average molecular weight is 661 g/mol. The molecule has 0 unspecified atom stereocenters. The minimum atomic E-state index is -1.16. The van der Waals surface area contributed by atoms with E-state index in [0.29, 0.717) is 53.9 Å². The summed E-state index contributed by atoms with van der Waals surface area (Å²) in [6.45, 7) is 4.39. The van der Waals surface area contributed by atoms with Gasteiger partial charge in [0.25, 0.3) is 0 Å². The van der Waals surface area contributed by atoms with Crippen molar-refractivity contribution in [2.75, 3.05) is 50.9 Å². The van der Waals surface area contributed by atoms with Crippen LogP contribution in [0.15, 0.2) is 24.3 Å². The van der Waals surface area contributed by atoms with E-state index in [0.717, 1.165) is 38.6 Å². The Hall–Kier alpha value is -4.25. The van der Waals surface area contributed by atoms with Gasteiger partial charge in [-0.15, -0.1) is 6.42 Å². The molecule has 2 aromatic carbocycles. The fraction of sp³-hybridized carbons (Fsp3) is 0.514. The summed E-state index contributed by atoms with van der Waals surface area (Å²) in [7, 11) is 0. The summed E-state index contributed by atoms with van der Waals surface area (Å²) in [6, 6.07) is 5.96. The number of aromatic hydroxyl groups is 1. The Labute approximate surface area is 276 Å².